The number of carbonyl (C=O) groups is 1. The van der Waals surface area contributed by atoms with E-state index in [1.807, 2.05) is 30.1 Å². The Labute approximate surface area is 129 Å². The number of nitrogens with one attached hydrogen (secondary N) is 1. The molecule has 0 bridgehead atoms. The zero-order chi connectivity index (χ0) is 13.0. The summed E-state index contributed by atoms with van der Waals surface area (Å²) < 4.78 is 1.05. The SMILES string of the molecule is CN(Cc1cccc(Br)c1)C(=O)[C@H]1CCCCN1.Cl. The third kappa shape index (κ3) is 4.79. The van der Waals surface area contributed by atoms with Crippen LogP contribution in [0.5, 0.6) is 0 Å². The number of amides is 1. The summed E-state index contributed by atoms with van der Waals surface area (Å²) in [7, 11) is 1.87. The Bertz CT molecular complexity index is 422. The van der Waals surface area contributed by atoms with Crippen molar-refractivity contribution in [2.45, 2.75) is 31.8 Å². The first-order valence-corrected chi connectivity index (χ1v) is 7.19. The Morgan fingerprint density at radius 2 is 2.26 bits per heavy atom. The molecule has 2 rings (SSSR count). The lowest BCUT2D eigenvalue weighted by Gasteiger charge is -2.27. The van der Waals surface area contributed by atoms with E-state index in [0.717, 1.165) is 29.4 Å². The number of hydrogen-bond acceptors (Lipinski definition) is 2. The summed E-state index contributed by atoms with van der Waals surface area (Å²) in [6.45, 7) is 1.62. The van der Waals surface area contributed by atoms with Crippen molar-refractivity contribution in [3.63, 3.8) is 0 Å². The van der Waals surface area contributed by atoms with Crippen LogP contribution in [-0.4, -0.2) is 30.4 Å². The average molecular weight is 348 g/mol. The lowest BCUT2D eigenvalue weighted by molar-refractivity contribution is -0.133. The molecular weight excluding hydrogens is 328 g/mol. The fraction of sp³-hybridized carbons (Fsp3) is 0.500. The summed E-state index contributed by atoms with van der Waals surface area (Å²) >= 11 is 3.45. The van der Waals surface area contributed by atoms with E-state index < -0.39 is 0 Å². The second kappa shape index (κ2) is 7.88. The summed E-state index contributed by atoms with van der Waals surface area (Å²) in [4.78, 5) is 14.0. The number of rotatable bonds is 3. The maximum atomic E-state index is 12.2. The molecule has 1 aliphatic rings. The summed E-state index contributed by atoms with van der Waals surface area (Å²) in [5.41, 5.74) is 1.15. The Morgan fingerprint density at radius 3 is 2.89 bits per heavy atom. The minimum Gasteiger partial charge on any atom is -0.340 e. The summed E-state index contributed by atoms with van der Waals surface area (Å²) in [6.07, 6.45) is 3.29. The van der Waals surface area contributed by atoms with Gasteiger partial charge in [0.2, 0.25) is 5.91 Å². The van der Waals surface area contributed by atoms with E-state index in [2.05, 4.69) is 27.3 Å². The van der Waals surface area contributed by atoms with Crippen molar-refractivity contribution in [3.8, 4) is 0 Å². The number of likely N-dealkylation sites (N-methyl/N-ethyl adjacent to an activating group) is 1. The van der Waals surface area contributed by atoms with E-state index in [-0.39, 0.29) is 24.4 Å². The van der Waals surface area contributed by atoms with Gasteiger partial charge in [-0.15, -0.1) is 12.4 Å². The van der Waals surface area contributed by atoms with Gasteiger partial charge in [0.25, 0.3) is 0 Å². The predicted octanol–water partition coefficient (Wildman–Crippen LogP) is 2.97. The second-order valence-electron chi connectivity index (χ2n) is 4.83. The van der Waals surface area contributed by atoms with E-state index in [1.165, 1.54) is 6.42 Å². The molecule has 1 saturated heterocycles. The average Bonchev–Trinajstić information content (AvgIpc) is 2.39. The van der Waals surface area contributed by atoms with Crippen molar-refractivity contribution in [1.82, 2.24) is 10.2 Å². The number of piperidine rings is 1. The first-order valence-electron chi connectivity index (χ1n) is 6.39. The Kier molecular flexibility index (Phi) is 6.83. The normalized spacial score (nSPS) is 18.5. The number of halogens is 2. The van der Waals surface area contributed by atoms with Gasteiger partial charge in [-0.25, -0.2) is 0 Å². The first-order chi connectivity index (χ1) is 8.66. The van der Waals surface area contributed by atoms with Crippen LogP contribution in [0.2, 0.25) is 0 Å². The highest BCUT2D eigenvalue weighted by Crippen LogP contribution is 2.15. The van der Waals surface area contributed by atoms with Crippen LogP contribution >= 0.6 is 28.3 Å². The molecule has 3 nitrogen and oxygen atoms in total. The van der Waals surface area contributed by atoms with E-state index in [9.17, 15) is 4.79 Å². The molecule has 1 aromatic carbocycles. The van der Waals surface area contributed by atoms with E-state index in [1.54, 1.807) is 0 Å². The minimum atomic E-state index is 0. The van der Waals surface area contributed by atoms with Gasteiger partial charge in [0.1, 0.15) is 0 Å². The van der Waals surface area contributed by atoms with Crippen molar-refractivity contribution >= 4 is 34.2 Å². The van der Waals surface area contributed by atoms with E-state index in [4.69, 9.17) is 0 Å². The van der Waals surface area contributed by atoms with Gasteiger partial charge >= 0.3 is 0 Å². The first kappa shape index (κ1) is 16.5. The summed E-state index contributed by atoms with van der Waals surface area (Å²) in [5.74, 6) is 0.203. The molecule has 1 aliphatic heterocycles. The number of benzene rings is 1. The predicted molar refractivity (Wildman–Crippen MR) is 83.5 cm³/mol. The van der Waals surface area contributed by atoms with Crippen molar-refractivity contribution in [2.75, 3.05) is 13.6 Å². The van der Waals surface area contributed by atoms with Gasteiger partial charge < -0.3 is 10.2 Å². The molecule has 0 unspecified atom stereocenters. The topological polar surface area (TPSA) is 32.3 Å². The summed E-state index contributed by atoms with van der Waals surface area (Å²) in [5, 5.41) is 3.30. The van der Waals surface area contributed by atoms with Gasteiger partial charge in [-0.2, -0.15) is 0 Å². The molecule has 1 fully saturated rings. The molecule has 19 heavy (non-hydrogen) atoms. The minimum absolute atomic E-state index is 0. The number of hydrogen-bond donors (Lipinski definition) is 1. The Balaban J connectivity index is 0.00000180. The zero-order valence-electron chi connectivity index (χ0n) is 11.1. The van der Waals surface area contributed by atoms with Gasteiger partial charge in [-0.3, -0.25) is 4.79 Å². The van der Waals surface area contributed by atoms with Crippen LogP contribution in [0.1, 0.15) is 24.8 Å². The van der Waals surface area contributed by atoms with Crippen LogP contribution in [0.15, 0.2) is 28.7 Å². The lowest BCUT2D eigenvalue weighted by Crippen LogP contribution is -2.46. The highest BCUT2D eigenvalue weighted by atomic mass is 79.9. The number of nitrogens with zero attached hydrogens (tertiary/aromatic N) is 1. The second-order valence-corrected chi connectivity index (χ2v) is 5.74. The Hall–Kier alpha value is -0.580. The molecule has 1 aromatic rings. The number of carbonyl (C=O) groups excluding carboxylic acids is 1. The summed E-state index contributed by atoms with van der Waals surface area (Å²) in [6, 6.07) is 8.10. The van der Waals surface area contributed by atoms with Gasteiger partial charge in [-0.1, -0.05) is 34.5 Å². The Morgan fingerprint density at radius 1 is 1.47 bits per heavy atom. The van der Waals surface area contributed by atoms with Gasteiger partial charge in [0.15, 0.2) is 0 Å². The van der Waals surface area contributed by atoms with Crippen molar-refractivity contribution in [2.24, 2.45) is 0 Å². The van der Waals surface area contributed by atoms with Crippen LogP contribution in [0, 0.1) is 0 Å². The van der Waals surface area contributed by atoms with Crippen LogP contribution in [-0.2, 0) is 11.3 Å². The molecule has 0 spiro atoms. The quantitative estimate of drug-likeness (QED) is 0.911. The maximum absolute atomic E-state index is 12.2. The van der Waals surface area contributed by atoms with Crippen LogP contribution in [0.25, 0.3) is 0 Å². The van der Waals surface area contributed by atoms with Crippen LogP contribution in [0.4, 0.5) is 0 Å². The standard InChI is InChI=1S/C14H19BrN2O.ClH/c1-17(10-11-5-4-6-12(15)9-11)14(18)13-7-2-3-8-16-13;/h4-6,9,13,16H,2-3,7-8,10H2,1H3;1H/t13-;/m1./s1. The zero-order valence-corrected chi connectivity index (χ0v) is 13.5. The monoisotopic (exact) mass is 346 g/mol. The molecule has 5 heteroatoms. The molecular formula is C14H20BrClN2O. The van der Waals surface area contributed by atoms with Crippen molar-refractivity contribution in [1.29, 1.82) is 0 Å². The largest absolute Gasteiger partial charge is 0.340 e. The van der Waals surface area contributed by atoms with Crippen LogP contribution < -0.4 is 5.32 Å². The molecule has 1 atom stereocenters. The molecule has 0 aromatic heterocycles. The highest BCUT2D eigenvalue weighted by molar-refractivity contribution is 9.10. The van der Waals surface area contributed by atoms with Crippen molar-refractivity contribution < 1.29 is 4.79 Å². The van der Waals surface area contributed by atoms with E-state index in [0.29, 0.717) is 6.54 Å². The van der Waals surface area contributed by atoms with Crippen molar-refractivity contribution in [3.05, 3.63) is 34.3 Å². The van der Waals surface area contributed by atoms with E-state index >= 15 is 0 Å². The fourth-order valence-electron chi connectivity index (χ4n) is 2.32. The maximum Gasteiger partial charge on any atom is 0.239 e. The highest BCUT2D eigenvalue weighted by Gasteiger charge is 2.23. The molecule has 106 valence electrons. The third-order valence-electron chi connectivity index (χ3n) is 3.29. The lowest BCUT2D eigenvalue weighted by atomic mass is 10.0. The van der Waals surface area contributed by atoms with Gasteiger partial charge in [0, 0.05) is 18.1 Å². The molecule has 1 amide bonds. The molecule has 1 N–H and O–H groups in total. The molecule has 0 aliphatic carbocycles. The van der Waals surface area contributed by atoms with Crippen LogP contribution in [0.3, 0.4) is 0 Å². The molecule has 1 heterocycles. The van der Waals surface area contributed by atoms with Gasteiger partial charge in [0.05, 0.1) is 6.04 Å². The van der Waals surface area contributed by atoms with Gasteiger partial charge in [-0.05, 0) is 37.1 Å². The third-order valence-corrected chi connectivity index (χ3v) is 3.79. The molecule has 0 saturated carbocycles. The smallest absolute Gasteiger partial charge is 0.239 e. The molecule has 0 radical (unpaired) electrons. The fourth-order valence-corrected chi connectivity index (χ4v) is 2.76.